The molecule has 0 N–H and O–H groups in total. The Labute approximate surface area is 171 Å². The highest BCUT2D eigenvalue weighted by Gasteiger charge is 2.57. The molecule has 0 saturated heterocycles. The van der Waals surface area contributed by atoms with Gasteiger partial charge in [0.2, 0.25) is 0 Å². The number of hydrogen-bond acceptors (Lipinski definition) is 4. The van der Waals surface area contributed by atoms with Gasteiger partial charge in [-0.25, -0.2) is 0 Å². The molecule has 4 nitrogen and oxygen atoms in total. The molecule has 28 heavy (non-hydrogen) atoms. The van der Waals surface area contributed by atoms with Crippen molar-refractivity contribution in [2.45, 2.75) is 55.9 Å². The summed E-state index contributed by atoms with van der Waals surface area (Å²) in [4.78, 5) is 24.7. The first-order chi connectivity index (χ1) is 13.2. The van der Waals surface area contributed by atoms with E-state index >= 15 is 0 Å². The van der Waals surface area contributed by atoms with Crippen LogP contribution in [-0.4, -0.2) is 29.3 Å². The third-order valence-electron chi connectivity index (χ3n) is 6.40. The predicted molar refractivity (Wildman–Crippen MR) is 102 cm³/mol. The average molecular weight is 457 g/mol. The van der Waals surface area contributed by atoms with Crippen LogP contribution in [0.4, 0.5) is 8.78 Å². The Bertz CT molecular complexity index is 750. The van der Waals surface area contributed by atoms with Gasteiger partial charge in [0, 0.05) is 9.89 Å². The van der Waals surface area contributed by atoms with Crippen LogP contribution in [0, 0.1) is 17.3 Å². The molecule has 4 aliphatic carbocycles. The van der Waals surface area contributed by atoms with E-state index in [0.29, 0.717) is 23.8 Å². The van der Waals surface area contributed by atoms with Gasteiger partial charge in [-0.05, 0) is 80.0 Å². The van der Waals surface area contributed by atoms with E-state index < -0.39 is 6.61 Å². The van der Waals surface area contributed by atoms with Gasteiger partial charge in [-0.2, -0.15) is 8.78 Å². The largest absolute Gasteiger partial charge is 0.457 e. The van der Waals surface area contributed by atoms with Crippen LogP contribution in [0.5, 0.6) is 5.75 Å². The fourth-order valence-electron chi connectivity index (χ4n) is 5.95. The van der Waals surface area contributed by atoms with Crippen LogP contribution in [0.2, 0.25) is 0 Å². The van der Waals surface area contributed by atoms with Crippen LogP contribution in [0.1, 0.15) is 55.3 Å². The second kappa shape index (κ2) is 7.39. The average Bonchev–Trinajstić information content (AvgIpc) is 2.57. The van der Waals surface area contributed by atoms with Gasteiger partial charge in [-0.15, -0.1) is 0 Å². The van der Waals surface area contributed by atoms with Crippen molar-refractivity contribution in [3.8, 4) is 5.75 Å². The van der Waals surface area contributed by atoms with Crippen LogP contribution in [0.15, 0.2) is 24.3 Å². The molecule has 4 saturated carbocycles. The molecule has 1 aromatic rings. The van der Waals surface area contributed by atoms with E-state index in [1.165, 1.54) is 43.5 Å². The zero-order valence-corrected chi connectivity index (χ0v) is 17.1. The summed E-state index contributed by atoms with van der Waals surface area (Å²) in [7, 11) is 0. The van der Waals surface area contributed by atoms with Crippen molar-refractivity contribution in [1.82, 2.24) is 0 Å². The molecule has 152 valence electrons. The van der Waals surface area contributed by atoms with Crippen molar-refractivity contribution in [2.75, 3.05) is 6.61 Å². The molecule has 1 aromatic carbocycles. The first-order valence-electron chi connectivity index (χ1n) is 9.67. The standard InChI is InChI=1S/C21H23BrF2O4/c22-21-8-13-5-14(9-21)7-20(6-13,12-21)10-18(26)27-11-17(25)15-1-3-16(4-2-15)28-19(23)24/h1-4,13-14,19H,5-12H2/t13-,14+,20?,21?. The molecule has 0 spiro atoms. The van der Waals surface area contributed by atoms with Crippen molar-refractivity contribution in [3.05, 3.63) is 29.8 Å². The number of carbonyl (C=O) groups is 2. The normalized spacial score (nSPS) is 33.1. The molecule has 4 fully saturated rings. The van der Waals surface area contributed by atoms with Crippen molar-refractivity contribution in [2.24, 2.45) is 17.3 Å². The third-order valence-corrected chi connectivity index (χ3v) is 7.32. The summed E-state index contributed by atoms with van der Waals surface area (Å²) in [6.45, 7) is -3.25. The highest BCUT2D eigenvalue weighted by Crippen LogP contribution is 2.65. The smallest absolute Gasteiger partial charge is 0.387 e. The predicted octanol–water partition coefficient (Wildman–Crippen LogP) is 5.14. The van der Waals surface area contributed by atoms with Crippen molar-refractivity contribution < 1.29 is 27.8 Å². The topological polar surface area (TPSA) is 52.6 Å². The quantitative estimate of drug-likeness (QED) is 0.323. The maximum Gasteiger partial charge on any atom is 0.387 e. The lowest BCUT2D eigenvalue weighted by molar-refractivity contribution is -0.149. The molecule has 0 aliphatic heterocycles. The first-order valence-corrected chi connectivity index (χ1v) is 10.5. The Hall–Kier alpha value is -1.50. The van der Waals surface area contributed by atoms with E-state index in [0.717, 1.165) is 19.3 Å². The van der Waals surface area contributed by atoms with Crippen LogP contribution in [0.3, 0.4) is 0 Å². The maximum atomic E-state index is 12.5. The van der Waals surface area contributed by atoms with Gasteiger partial charge < -0.3 is 9.47 Å². The Morgan fingerprint density at radius 3 is 2.32 bits per heavy atom. The van der Waals surface area contributed by atoms with Crippen molar-refractivity contribution >= 4 is 27.7 Å². The molecule has 7 heteroatoms. The Balaban J connectivity index is 1.30. The maximum absolute atomic E-state index is 12.5. The van der Waals surface area contributed by atoms with E-state index in [2.05, 4.69) is 20.7 Å². The molecular weight excluding hydrogens is 434 g/mol. The zero-order valence-electron chi connectivity index (χ0n) is 15.5. The van der Waals surface area contributed by atoms with Crippen molar-refractivity contribution in [1.29, 1.82) is 0 Å². The number of hydrogen-bond donors (Lipinski definition) is 0. The van der Waals surface area contributed by atoms with Gasteiger partial charge >= 0.3 is 12.6 Å². The van der Waals surface area contributed by atoms with E-state index in [1.54, 1.807) is 0 Å². The summed E-state index contributed by atoms with van der Waals surface area (Å²) in [5, 5.41) is 0. The van der Waals surface area contributed by atoms with Gasteiger partial charge in [-0.3, -0.25) is 9.59 Å². The van der Waals surface area contributed by atoms with Gasteiger partial charge in [0.15, 0.2) is 12.4 Å². The number of rotatable bonds is 7. The van der Waals surface area contributed by atoms with Crippen LogP contribution in [0.25, 0.3) is 0 Å². The lowest BCUT2D eigenvalue weighted by Gasteiger charge is -2.60. The lowest BCUT2D eigenvalue weighted by atomic mass is 9.49. The second-order valence-corrected chi connectivity index (χ2v) is 10.5. The third kappa shape index (κ3) is 4.24. The van der Waals surface area contributed by atoms with Gasteiger partial charge in [0.25, 0.3) is 0 Å². The molecule has 2 unspecified atom stereocenters. The fourth-order valence-corrected chi connectivity index (χ4v) is 7.46. The summed E-state index contributed by atoms with van der Waals surface area (Å²) in [6.07, 6.45) is 7.18. The molecule has 4 bridgehead atoms. The number of esters is 1. The summed E-state index contributed by atoms with van der Waals surface area (Å²) in [5.74, 6) is 0.658. The van der Waals surface area contributed by atoms with E-state index in [1.807, 2.05) is 0 Å². The summed E-state index contributed by atoms with van der Waals surface area (Å²) in [6, 6.07) is 5.38. The molecule has 4 aliphatic rings. The molecular formula is C21H23BrF2O4. The highest BCUT2D eigenvalue weighted by molar-refractivity contribution is 9.10. The first kappa shape index (κ1) is 19.8. The van der Waals surface area contributed by atoms with Gasteiger partial charge in [0.1, 0.15) is 5.75 Å². The molecule has 0 radical (unpaired) electrons. The summed E-state index contributed by atoms with van der Waals surface area (Å²) >= 11 is 3.93. The van der Waals surface area contributed by atoms with Crippen molar-refractivity contribution in [3.63, 3.8) is 0 Å². The van der Waals surface area contributed by atoms with E-state index in [9.17, 15) is 18.4 Å². The molecule has 0 heterocycles. The van der Waals surface area contributed by atoms with Crippen LogP contribution >= 0.6 is 15.9 Å². The lowest BCUT2D eigenvalue weighted by Crippen LogP contribution is -2.53. The number of carbonyl (C=O) groups excluding carboxylic acids is 2. The summed E-state index contributed by atoms with van der Waals surface area (Å²) in [5.41, 5.74) is 0.297. The number of Topliss-reactive ketones (excluding diaryl/α,β-unsaturated/α-hetero) is 1. The van der Waals surface area contributed by atoms with E-state index in [-0.39, 0.29) is 33.8 Å². The summed E-state index contributed by atoms with van der Waals surface area (Å²) < 4.78 is 34.0. The number of benzene rings is 1. The minimum Gasteiger partial charge on any atom is -0.457 e. The molecule has 5 rings (SSSR count). The fraction of sp³-hybridized carbons (Fsp3) is 0.619. The van der Waals surface area contributed by atoms with Gasteiger partial charge in [-0.1, -0.05) is 15.9 Å². The highest BCUT2D eigenvalue weighted by atomic mass is 79.9. The number of ether oxygens (including phenoxy) is 2. The second-order valence-electron chi connectivity index (χ2n) is 8.78. The zero-order chi connectivity index (χ0) is 19.9. The number of ketones is 1. The Morgan fingerprint density at radius 2 is 1.75 bits per heavy atom. The minimum absolute atomic E-state index is 0.00196. The molecule has 0 amide bonds. The van der Waals surface area contributed by atoms with Crippen LogP contribution in [-0.2, 0) is 9.53 Å². The monoisotopic (exact) mass is 456 g/mol. The number of alkyl halides is 3. The number of halogens is 3. The Kier molecular flexibility index (Phi) is 5.23. The Morgan fingerprint density at radius 1 is 1.11 bits per heavy atom. The van der Waals surface area contributed by atoms with E-state index in [4.69, 9.17) is 4.74 Å². The SMILES string of the molecule is O=C(CC12C[C@@H]3C[C@@H](CC(Br)(C3)C1)C2)OCC(=O)c1ccc(OC(F)F)cc1. The minimum atomic E-state index is -2.91. The van der Waals surface area contributed by atoms with Gasteiger partial charge in [0.05, 0.1) is 6.42 Å². The van der Waals surface area contributed by atoms with Crippen LogP contribution < -0.4 is 4.74 Å². The molecule has 4 atom stereocenters. The molecule has 0 aromatic heterocycles.